The summed E-state index contributed by atoms with van der Waals surface area (Å²) in [6, 6.07) is 9.60. The normalized spacial score (nSPS) is 11.3. The van der Waals surface area contributed by atoms with E-state index in [1.54, 1.807) is 13.8 Å². The van der Waals surface area contributed by atoms with Gasteiger partial charge in [0.05, 0.1) is 5.92 Å². The second kappa shape index (κ2) is 21.0. The van der Waals surface area contributed by atoms with Gasteiger partial charge in [-0.05, 0) is 5.56 Å². The number of ether oxygens (including phenoxy) is 1. The molecule has 1 aromatic carbocycles. The Morgan fingerprint density at radius 3 is 1.70 bits per heavy atom. The molecule has 0 bridgehead atoms. The van der Waals surface area contributed by atoms with Crippen LogP contribution in [0.15, 0.2) is 30.3 Å². The van der Waals surface area contributed by atoms with E-state index in [0.29, 0.717) is 11.7 Å². The topological polar surface area (TPSA) is 90.0 Å². The number of carbonyl (C=O) groups is 4. The lowest BCUT2D eigenvalue weighted by Gasteiger charge is -2.13. The van der Waals surface area contributed by atoms with Gasteiger partial charge < -0.3 is 9.57 Å². The van der Waals surface area contributed by atoms with Crippen molar-refractivity contribution in [1.29, 1.82) is 0 Å². The highest BCUT2D eigenvalue weighted by Gasteiger charge is 2.33. The number of carbonyl (C=O) groups excluding carboxylic acids is 4. The molecule has 2 rings (SSSR count). The van der Waals surface area contributed by atoms with E-state index >= 15 is 0 Å². The van der Waals surface area contributed by atoms with E-state index in [0.717, 1.165) is 5.56 Å². The molecule has 0 unspecified atom stereocenters. The first-order valence-corrected chi connectivity index (χ1v) is 10.6. The molecule has 1 aliphatic rings. The van der Waals surface area contributed by atoms with Crippen molar-refractivity contribution < 1.29 is 28.8 Å². The maximum atomic E-state index is 11.0. The number of nitrogens with zero attached hydrogens (tertiary/aromatic N) is 1. The summed E-state index contributed by atoms with van der Waals surface area (Å²) < 4.78 is 4.79. The molecular weight excluding hydrogens is 386 g/mol. The molecule has 172 valence electrons. The van der Waals surface area contributed by atoms with Crippen LogP contribution in [0.4, 0.5) is 0 Å². The van der Waals surface area contributed by atoms with Crippen LogP contribution < -0.4 is 0 Å². The minimum Gasteiger partial charge on any atom is -0.461 e. The Morgan fingerprint density at radius 2 is 1.33 bits per heavy atom. The van der Waals surface area contributed by atoms with Gasteiger partial charge in [0.1, 0.15) is 6.61 Å². The highest BCUT2D eigenvalue weighted by molar-refractivity contribution is 6.01. The summed E-state index contributed by atoms with van der Waals surface area (Å²) >= 11 is 0. The van der Waals surface area contributed by atoms with Gasteiger partial charge in [-0.15, -0.1) is 5.06 Å². The molecular formula is C23H39NO6. The Hall–Kier alpha value is -2.70. The zero-order valence-corrected chi connectivity index (χ0v) is 20.0. The Morgan fingerprint density at radius 1 is 0.900 bits per heavy atom. The highest BCUT2D eigenvalue weighted by Crippen LogP contribution is 2.13. The van der Waals surface area contributed by atoms with Crippen LogP contribution in [0.2, 0.25) is 0 Å². The van der Waals surface area contributed by atoms with Crippen molar-refractivity contribution in [3.63, 3.8) is 0 Å². The average molecular weight is 426 g/mol. The second-order valence-electron chi connectivity index (χ2n) is 5.41. The van der Waals surface area contributed by atoms with Gasteiger partial charge in [-0.1, -0.05) is 85.7 Å². The van der Waals surface area contributed by atoms with Gasteiger partial charge in [0.2, 0.25) is 0 Å². The molecule has 2 amide bonds. The number of rotatable bonds is 4. The summed E-state index contributed by atoms with van der Waals surface area (Å²) in [6.45, 7) is 17.0. The molecule has 0 spiro atoms. The first-order valence-electron chi connectivity index (χ1n) is 10.6. The van der Waals surface area contributed by atoms with E-state index < -0.39 is 17.8 Å². The van der Waals surface area contributed by atoms with Gasteiger partial charge >= 0.3 is 11.9 Å². The SMILES string of the molecule is CC.CC.CC.CC(=O)OCc1ccccc1.CC(C)C(=O)ON1C(=O)CCC1=O. The number of imide groups is 1. The number of amides is 2. The first-order chi connectivity index (χ1) is 14.3. The Bertz CT molecular complexity index is 583. The molecule has 1 saturated heterocycles. The van der Waals surface area contributed by atoms with Gasteiger partial charge in [-0.3, -0.25) is 14.4 Å². The summed E-state index contributed by atoms with van der Waals surface area (Å²) in [4.78, 5) is 48.0. The fraction of sp³-hybridized carbons (Fsp3) is 0.565. The summed E-state index contributed by atoms with van der Waals surface area (Å²) in [5, 5.41) is 0.558. The lowest BCUT2D eigenvalue weighted by atomic mass is 10.2. The molecule has 1 fully saturated rings. The van der Waals surface area contributed by atoms with Crippen LogP contribution in [0.3, 0.4) is 0 Å². The molecule has 0 N–H and O–H groups in total. The lowest BCUT2D eigenvalue weighted by molar-refractivity contribution is -0.199. The van der Waals surface area contributed by atoms with Crippen LogP contribution >= 0.6 is 0 Å². The van der Waals surface area contributed by atoms with E-state index in [1.165, 1.54) is 6.92 Å². The molecule has 7 heteroatoms. The predicted molar refractivity (Wildman–Crippen MR) is 118 cm³/mol. The van der Waals surface area contributed by atoms with E-state index in [1.807, 2.05) is 71.9 Å². The molecule has 0 aromatic heterocycles. The molecule has 1 heterocycles. The molecule has 0 saturated carbocycles. The zero-order valence-electron chi connectivity index (χ0n) is 20.0. The van der Waals surface area contributed by atoms with E-state index in [4.69, 9.17) is 4.74 Å². The molecule has 7 nitrogen and oxygen atoms in total. The van der Waals surface area contributed by atoms with Gasteiger partial charge in [0, 0.05) is 19.8 Å². The van der Waals surface area contributed by atoms with Crippen LogP contribution in [-0.2, 0) is 35.4 Å². The van der Waals surface area contributed by atoms with Gasteiger partial charge in [-0.2, -0.15) is 0 Å². The Balaban J connectivity index is -0.000000392. The third kappa shape index (κ3) is 15.2. The third-order valence-corrected chi connectivity index (χ3v) is 2.94. The fourth-order valence-electron chi connectivity index (χ4n) is 1.61. The molecule has 0 radical (unpaired) electrons. The van der Waals surface area contributed by atoms with Crippen molar-refractivity contribution in [3.05, 3.63) is 35.9 Å². The molecule has 0 atom stereocenters. The number of hydrogen-bond donors (Lipinski definition) is 0. The predicted octanol–water partition coefficient (Wildman–Crippen LogP) is 5.08. The second-order valence-corrected chi connectivity index (χ2v) is 5.41. The number of benzene rings is 1. The van der Waals surface area contributed by atoms with Crippen molar-refractivity contribution in [3.8, 4) is 0 Å². The van der Waals surface area contributed by atoms with Gasteiger partial charge in [0.15, 0.2) is 0 Å². The van der Waals surface area contributed by atoms with Gasteiger partial charge in [-0.25, -0.2) is 4.79 Å². The van der Waals surface area contributed by atoms with Crippen LogP contribution in [0.1, 0.15) is 80.7 Å². The van der Waals surface area contributed by atoms with Crippen LogP contribution in [0.25, 0.3) is 0 Å². The van der Waals surface area contributed by atoms with Crippen LogP contribution in [0.5, 0.6) is 0 Å². The minimum atomic E-state index is -0.566. The highest BCUT2D eigenvalue weighted by atomic mass is 16.7. The largest absolute Gasteiger partial charge is 0.461 e. The van der Waals surface area contributed by atoms with Crippen molar-refractivity contribution in [1.82, 2.24) is 5.06 Å². The van der Waals surface area contributed by atoms with Gasteiger partial charge in [0.25, 0.3) is 11.8 Å². The average Bonchev–Trinajstić information content (AvgIpc) is 3.09. The fourth-order valence-corrected chi connectivity index (χ4v) is 1.61. The van der Waals surface area contributed by atoms with E-state index in [9.17, 15) is 19.2 Å². The monoisotopic (exact) mass is 425 g/mol. The van der Waals surface area contributed by atoms with Crippen LogP contribution in [-0.4, -0.2) is 28.8 Å². The standard InChI is InChI=1S/C9H10O2.C8H11NO4.3C2H6/c1-8(10)11-7-9-5-3-2-4-6-9;1-5(2)8(12)13-9-6(10)3-4-7(9)11;3*1-2/h2-6H,7H2,1H3;5H,3-4H2,1-2H3;3*1-2H3. The first kappa shape index (κ1) is 32.0. The molecule has 30 heavy (non-hydrogen) atoms. The molecule has 1 aromatic rings. The van der Waals surface area contributed by atoms with E-state index in [2.05, 4.69) is 4.84 Å². The molecule has 0 aliphatic carbocycles. The van der Waals surface area contributed by atoms with Crippen molar-refractivity contribution in [2.75, 3.05) is 0 Å². The quantitative estimate of drug-likeness (QED) is 0.494. The smallest absolute Gasteiger partial charge is 0.335 e. The maximum Gasteiger partial charge on any atom is 0.335 e. The van der Waals surface area contributed by atoms with Crippen molar-refractivity contribution >= 4 is 23.8 Å². The lowest BCUT2D eigenvalue weighted by Crippen LogP contribution is -2.33. The summed E-state index contributed by atoms with van der Waals surface area (Å²) in [7, 11) is 0. The number of hydroxylamine groups is 2. The number of esters is 1. The third-order valence-electron chi connectivity index (χ3n) is 2.94. The van der Waals surface area contributed by atoms with Crippen molar-refractivity contribution in [2.24, 2.45) is 5.92 Å². The van der Waals surface area contributed by atoms with E-state index in [-0.39, 0.29) is 24.7 Å². The Kier molecular flexibility index (Phi) is 22.4. The molecule has 1 aliphatic heterocycles. The summed E-state index contributed by atoms with van der Waals surface area (Å²) in [5.74, 6) is -2.04. The van der Waals surface area contributed by atoms with Crippen molar-refractivity contribution in [2.45, 2.75) is 81.8 Å². The zero-order chi connectivity index (χ0) is 24.1. The van der Waals surface area contributed by atoms with Crippen LogP contribution in [0, 0.1) is 5.92 Å². The minimum absolute atomic E-state index is 0.129. The number of hydrogen-bond acceptors (Lipinski definition) is 6. The maximum absolute atomic E-state index is 11.0. The summed E-state index contributed by atoms with van der Waals surface area (Å²) in [6.07, 6.45) is 0.258. The Labute approximate surface area is 181 Å². The summed E-state index contributed by atoms with van der Waals surface area (Å²) in [5.41, 5.74) is 1.02.